The number of nitrogens with one attached hydrogen (secondary N) is 1. The molecule has 3 aliphatic heterocycles. The number of hydrogen-bond donors (Lipinski definition) is 1. The van der Waals surface area contributed by atoms with E-state index in [1.807, 2.05) is 16.8 Å². The molecule has 1 amide bonds. The maximum absolute atomic E-state index is 12.6. The summed E-state index contributed by atoms with van der Waals surface area (Å²) in [6.07, 6.45) is 9.23. The highest BCUT2D eigenvalue weighted by molar-refractivity contribution is 5.79. The summed E-state index contributed by atoms with van der Waals surface area (Å²) in [7, 11) is 0. The Balaban J connectivity index is 1.30. The Kier molecular flexibility index (Phi) is 5.57. The van der Waals surface area contributed by atoms with Gasteiger partial charge in [0.1, 0.15) is 5.76 Å². The van der Waals surface area contributed by atoms with Crippen molar-refractivity contribution in [1.82, 2.24) is 25.2 Å². The van der Waals surface area contributed by atoms with Gasteiger partial charge < -0.3 is 9.73 Å². The normalized spacial score (nSPS) is 27.0. The lowest BCUT2D eigenvalue weighted by molar-refractivity contribution is -0.133. The molecule has 0 aliphatic carbocycles. The van der Waals surface area contributed by atoms with Gasteiger partial charge in [-0.3, -0.25) is 14.4 Å². The van der Waals surface area contributed by atoms with Gasteiger partial charge in [-0.05, 0) is 50.3 Å². The van der Waals surface area contributed by atoms with Gasteiger partial charge in [0, 0.05) is 18.8 Å². The summed E-state index contributed by atoms with van der Waals surface area (Å²) < 4.78 is 7.29. The van der Waals surface area contributed by atoms with Gasteiger partial charge in [-0.15, -0.1) is 5.10 Å². The zero-order valence-electron chi connectivity index (χ0n) is 16.0. The third-order valence-electron chi connectivity index (χ3n) is 6.00. The Labute approximate surface area is 160 Å². The zero-order valence-corrected chi connectivity index (χ0v) is 16.0. The lowest BCUT2D eigenvalue weighted by Gasteiger charge is -2.49. The predicted octanol–water partition coefficient (Wildman–Crippen LogP) is 2.24. The van der Waals surface area contributed by atoms with E-state index < -0.39 is 0 Å². The molecule has 0 radical (unpaired) electrons. The van der Waals surface area contributed by atoms with Gasteiger partial charge in [-0.25, -0.2) is 0 Å². The average Bonchev–Trinajstić information content (AvgIpc) is 3.37. The van der Waals surface area contributed by atoms with Gasteiger partial charge in [0.15, 0.2) is 0 Å². The van der Waals surface area contributed by atoms with E-state index in [4.69, 9.17) is 4.42 Å². The van der Waals surface area contributed by atoms with E-state index in [0.29, 0.717) is 18.5 Å². The van der Waals surface area contributed by atoms with Gasteiger partial charge in [0.05, 0.1) is 31.0 Å². The summed E-state index contributed by atoms with van der Waals surface area (Å²) in [5, 5.41) is 11.6. The second kappa shape index (κ2) is 8.25. The second-order valence-corrected chi connectivity index (χ2v) is 7.87. The van der Waals surface area contributed by atoms with Gasteiger partial charge in [0.25, 0.3) is 0 Å². The number of nitrogens with zero attached hydrogens (tertiary/aromatic N) is 4. The van der Waals surface area contributed by atoms with Gasteiger partial charge >= 0.3 is 0 Å². The maximum atomic E-state index is 12.6. The van der Waals surface area contributed by atoms with Crippen LogP contribution in [0.25, 0.3) is 0 Å². The minimum Gasteiger partial charge on any atom is -0.467 e. The van der Waals surface area contributed by atoms with Gasteiger partial charge in [-0.2, -0.15) is 0 Å². The Bertz CT molecular complexity index is 741. The van der Waals surface area contributed by atoms with Crippen LogP contribution in [0.3, 0.4) is 0 Å². The van der Waals surface area contributed by atoms with Crippen molar-refractivity contribution in [2.45, 2.75) is 58.2 Å². The molecule has 5 heterocycles. The van der Waals surface area contributed by atoms with Gasteiger partial charge in [0.2, 0.25) is 5.91 Å². The lowest BCUT2D eigenvalue weighted by Crippen LogP contribution is -2.57. The highest BCUT2D eigenvalue weighted by Gasteiger charge is 2.43. The number of rotatable bonds is 8. The number of amides is 1. The van der Waals surface area contributed by atoms with Crippen molar-refractivity contribution in [2.24, 2.45) is 11.8 Å². The Morgan fingerprint density at radius 3 is 3.11 bits per heavy atom. The molecule has 0 saturated carbocycles. The molecule has 1 N–H and O–H groups in total. The molecule has 5 rings (SSSR count). The summed E-state index contributed by atoms with van der Waals surface area (Å²) in [6, 6.07) is 4.19. The van der Waals surface area contributed by atoms with E-state index in [-0.39, 0.29) is 11.8 Å². The van der Waals surface area contributed by atoms with Crippen LogP contribution in [0.4, 0.5) is 0 Å². The number of carbonyl (C=O) groups excluding carboxylic acids is 1. The first-order valence-electron chi connectivity index (χ1n) is 10.2. The van der Waals surface area contributed by atoms with Crippen molar-refractivity contribution in [1.29, 1.82) is 0 Å². The van der Waals surface area contributed by atoms with E-state index in [1.165, 1.54) is 6.42 Å². The highest BCUT2D eigenvalue weighted by atomic mass is 16.3. The monoisotopic (exact) mass is 371 g/mol. The molecule has 2 aromatic heterocycles. The van der Waals surface area contributed by atoms with Crippen LogP contribution in [0.1, 0.15) is 44.1 Å². The zero-order chi connectivity index (χ0) is 18.6. The fourth-order valence-electron chi connectivity index (χ4n) is 4.46. The molecule has 3 fully saturated rings. The van der Waals surface area contributed by atoms with Crippen LogP contribution >= 0.6 is 0 Å². The van der Waals surface area contributed by atoms with Crippen LogP contribution in [-0.2, 0) is 24.3 Å². The summed E-state index contributed by atoms with van der Waals surface area (Å²) >= 11 is 0. The summed E-state index contributed by atoms with van der Waals surface area (Å²) in [6.45, 7) is 5.46. The number of carbonyl (C=O) groups is 1. The smallest absolute Gasteiger partial charge is 0.225 e. The lowest BCUT2D eigenvalue weighted by atomic mass is 9.75. The standard InChI is InChI=1S/C20H29N5O2/c1-2-3-5-16-12-25(23-22-16)13-17-10-15-7-8-24(17)14-19(15)20(26)21-11-18-6-4-9-27-18/h4,6,9,12,15,17,19H,2-3,5,7-8,10-11,13-14H2,1H3,(H,21,26)/t15?,17-,19+/m1/s1. The Morgan fingerprint density at radius 1 is 1.44 bits per heavy atom. The summed E-state index contributed by atoms with van der Waals surface area (Å²) in [4.78, 5) is 15.1. The largest absolute Gasteiger partial charge is 0.467 e. The first-order chi connectivity index (χ1) is 13.2. The number of hydrogen-bond acceptors (Lipinski definition) is 5. The summed E-state index contributed by atoms with van der Waals surface area (Å²) in [5.41, 5.74) is 1.09. The van der Waals surface area contributed by atoms with E-state index in [2.05, 4.69) is 33.6 Å². The average molecular weight is 371 g/mol. The number of aryl methyl sites for hydroxylation is 1. The topological polar surface area (TPSA) is 76.2 Å². The van der Waals surface area contributed by atoms with Crippen molar-refractivity contribution in [3.63, 3.8) is 0 Å². The minimum atomic E-state index is 0.0841. The van der Waals surface area contributed by atoms with E-state index >= 15 is 0 Å². The summed E-state index contributed by atoms with van der Waals surface area (Å²) in [5.74, 6) is 1.50. The van der Waals surface area contributed by atoms with Crippen LogP contribution in [0, 0.1) is 11.8 Å². The molecule has 7 heteroatoms. The SMILES string of the molecule is CCCCc1cn(C[C@H]2CC3CCN2C[C@@H]3C(=O)NCc2ccco2)nn1. The van der Waals surface area contributed by atoms with Crippen LogP contribution in [0.15, 0.2) is 29.0 Å². The number of unbranched alkanes of at least 4 members (excludes halogenated alkanes) is 1. The highest BCUT2D eigenvalue weighted by Crippen LogP contribution is 2.37. The fourth-order valence-corrected chi connectivity index (χ4v) is 4.46. The van der Waals surface area contributed by atoms with Crippen LogP contribution in [0.2, 0.25) is 0 Å². The van der Waals surface area contributed by atoms with Crippen LogP contribution < -0.4 is 5.32 Å². The van der Waals surface area contributed by atoms with E-state index in [1.54, 1.807) is 6.26 Å². The molecular weight excluding hydrogens is 342 g/mol. The maximum Gasteiger partial charge on any atom is 0.225 e. The molecule has 2 aromatic rings. The molecule has 3 saturated heterocycles. The number of fused-ring (bicyclic) bond motifs is 3. The molecule has 3 aliphatic rings. The second-order valence-electron chi connectivity index (χ2n) is 7.87. The molecule has 7 nitrogen and oxygen atoms in total. The van der Waals surface area contributed by atoms with Crippen molar-refractivity contribution < 1.29 is 9.21 Å². The first kappa shape index (κ1) is 18.2. The Morgan fingerprint density at radius 2 is 2.37 bits per heavy atom. The van der Waals surface area contributed by atoms with Crippen molar-refractivity contribution >= 4 is 5.91 Å². The van der Waals surface area contributed by atoms with Crippen molar-refractivity contribution in [2.75, 3.05) is 13.1 Å². The number of piperidine rings is 3. The molecule has 27 heavy (non-hydrogen) atoms. The van der Waals surface area contributed by atoms with Crippen LogP contribution in [-0.4, -0.2) is 44.9 Å². The molecule has 146 valence electrons. The van der Waals surface area contributed by atoms with Crippen molar-refractivity contribution in [3.8, 4) is 0 Å². The number of aromatic nitrogens is 3. The van der Waals surface area contributed by atoms with E-state index in [0.717, 1.165) is 56.8 Å². The number of furan rings is 1. The fraction of sp³-hybridized carbons (Fsp3) is 0.650. The molecule has 2 unspecified atom stereocenters. The quantitative estimate of drug-likeness (QED) is 0.770. The Hall–Kier alpha value is -2.15. The van der Waals surface area contributed by atoms with Crippen molar-refractivity contribution in [3.05, 3.63) is 36.0 Å². The van der Waals surface area contributed by atoms with Gasteiger partial charge in [-0.1, -0.05) is 18.6 Å². The predicted molar refractivity (Wildman–Crippen MR) is 101 cm³/mol. The molecule has 0 spiro atoms. The molecule has 2 bridgehead atoms. The van der Waals surface area contributed by atoms with E-state index in [9.17, 15) is 4.79 Å². The molecular formula is C20H29N5O2. The molecule has 4 atom stereocenters. The molecule has 0 aromatic carbocycles. The first-order valence-corrected chi connectivity index (χ1v) is 10.2. The third kappa shape index (κ3) is 4.24. The third-order valence-corrected chi connectivity index (χ3v) is 6.00. The van der Waals surface area contributed by atoms with Crippen LogP contribution in [0.5, 0.6) is 0 Å². The minimum absolute atomic E-state index is 0.0841.